The Balaban J connectivity index is 1.55. The van der Waals surface area contributed by atoms with E-state index >= 15 is 0 Å². The fraction of sp³-hybridized carbons (Fsp3) is 0.800. The molecule has 1 aromatic rings. The molecular formula is C15H25N5O2. The van der Waals surface area contributed by atoms with Crippen LogP contribution in [0.5, 0.6) is 0 Å². The van der Waals surface area contributed by atoms with Crippen molar-refractivity contribution in [3.63, 3.8) is 0 Å². The maximum absolute atomic E-state index is 12.3. The van der Waals surface area contributed by atoms with Gasteiger partial charge in [-0.05, 0) is 26.7 Å². The number of carbonyl (C=O) groups is 1. The molecular weight excluding hydrogens is 282 g/mol. The number of rotatable bonds is 4. The van der Waals surface area contributed by atoms with Crippen molar-refractivity contribution in [2.75, 3.05) is 32.7 Å². The Morgan fingerprint density at radius 1 is 1.23 bits per heavy atom. The van der Waals surface area contributed by atoms with Gasteiger partial charge in [0.1, 0.15) is 0 Å². The second-order valence-electron chi connectivity index (χ2n) is 6.16. The van der Waals surface area contributed by atoms with Crippen molar-refractivity contribution in [1.29, 1.82) is 0 Å². The van der Waals surface area contributed by atoms with E-state index in [0.717, 1.165) is 45.6 Å². The third kappa shape index (κ3) is 2.82. The Labute approximate surface area is 131 Å². The minimum absolute atomic E-state index is 0.142. The Kier molecular flexibility index (Phi) is 4.33. The molecule has 1 unspecified atom stereocenters. The number of amides is 2. The number of hydrogen-bond acceptors (Lipinski definition) is 5. The van der Waals surface area contributed by atoms with E-state index < -0.39 is 0 Å². The summed E-state index contributed by atoms with van der Waals surface area (Å²) in [6.45, 7) is 10.4. The van der Waals surface area contributed by atoms with Crippen LogP contribution < -0.4 is 0 Å². The van der Waals surface area contributed by atoms with Crippen LogP contribution in [0.15, 0.2) is 4.42 Å². The predicted molar refractivity (Wildman–Crippen MR) is 81.4 cm³/mol. The van der Waals surface area contributed by atoms with Gasteiger partial charge in [0.15, 0.2) is 0 Å². The van der Waals surface area contributed by atoms with E-state index in [0.29, 0.717) is 17.8 Å². The lowest BCUT2D eigenvalue weighted by Crippen LogP contribution is -2.47. The number of hydrogen-bond donors (Lipinski definition) is 0. The molecule has 122 valence electrons. The van der Waals surface area contributed by atoms with Crippen molar-refractivity contribution in [2.24, 2.45) is 0 Å². The van der Waals surface area contributed by atoms with Crippen LogP contribution in [0.3, 0.4) is 0 Å². The molecule has 7 heteroatoms. The number of likely N-dealkylation sites (N-methyl/N-ethyl adjacent to an activating group) is 1. The molecule has 2 saturated heterocycles. The molecule has 2 amide bonds. The average molecular weight is 307 g/mol. The summed E-state index contributed by atoms with van der Waals surface area (Å²) in [7, 11) is 0. The third-order valence-electron chi connectivity index (χ3n) is 4.90. The molecule has 1 atom stereocenters. The molecule has 0 aliphatic carbocycles. The zero-order valence-corrected chi connectivity index (χ0v) is 13.7. The van der Waals surface area contributed by atoms with Crippen molar-refractivity contribution in [1.82, 2.24) is 24.9 Å². The van der Waals surface area contributed by atoms with Crippen LogP contribution in [-0.2, 0) is 0 Å². The van der Waals surface area contributed by atoms with Crippen molar-refractivity contribution in [3.8, 4) is 0 Å². The number of piperidine rings is 1. The Morgan fingerprint density at radius 3 is 2.50 bits per heavy atom. The molecule has 0 aromatic carbocycles. The first-order valence-corrected chi connectivity index (χ1v) is 8.19. The molecule has 22 heavy (non-hydrogen) atoms. The van der Waals surface area contributed by atoms with E-state index in [-0.39, 0.29) is 12.1 Å². The summed E-state index contributed by atoms with van der Waals surface area (Å²) >= 11 is 0. The second-order valence-corrected chi connectivity index (χ2v) is 6.16. The maximum atomic E-state index is 12.3. The second kappa shape index (κ2) is 6.24. The number of urea groups is 1. The quantitative estimate of drug-likeness (QED) is 0.846. The third-order valence-corrected chi connectivity index (χ3v) is 4.90. The van der Waals surface area contributed by atoms with Crippen LogP contribution in [0.4, 0.5) is 4.79 Å². The molecule has 3 heterocycles. The van der Waals surface area contributed by atoms with E-state index in [1.54, 1.807) is 0 Å². The topological polar surface area (TPSA) is 65.7 Å². The van der Waals surface area contributed by atoms with Crippen LogP contribution in [0.25, 0.3) is 0 Å². The molecule has 3 rings (SSSR count). The van der Waals surface area contributed by atoms with Crippen molar-refractivity contribution >= 4 is 6.03 Å². The van der Waals surface area contributed by atoms with Gasteiger partial charge in [0, 0.05) is 45.7 Å². The fourth-order valence-corrected chi connectivity index (χ4v) is 3.46. The highest BCUT2D eigenvalue weighted by Gasteiger charge is 2.35. The van der Waals surface area contributed by atoms with E-state index in [1.807, 2.05) is 18.7 Å². The summed E-state index contributed by atoms with van der Waals surface area (Å²) in [5.74, 6) is 1.30. The first-order chi connectivity index (χ1) is 10.6. The van der Waals surface area contributed by atoms with Crippen molar-refractivity contribution < 1.29 is 9.21 Å². The van der Waals surface area contributed by atoms with E-state index in [9.17, 15) is 4.79 Å². The zero-order valence-electron chi connectivity index (χ0n) is 13.7. The van der Waals surface area contributed by atoms with Gasteiger partial charge < -0.3 is 14.2 Å². The van der Waals surface area contributed by atoms with Gasteiger partial charge in [-0.2, -0.15) is 0 Å². The molecule has 0 bridgehead atoms. The summed E-state index contributed by atoms with van der Waals surface area (Å²) in [4.78, 5) is 18.6. The van der Waals surface area contributed by atoms with Gasteiger partial charge >= 0.3 is 6.03 Å². The normalized spacial score (nSPS) is 22.6. The Morgan fingerprint density at radius 2 is 1.95 bits per heavy atom. The van der Waals surface area contributed by atoms with Gasteiger partial charge in [0.25, 0.3) is 0 Å². The SMILES string of the molecule is CCN1CCN(C2CCN(C(C)c3nnc(C)o3)CC2)C1=O. The zero-order chi connectivity index (χ0) is 15.7. The fourth-order valence-electron chi connectivity index (χ4n) is 3.46. The lowest BCUT2D eigenvalue weighted by molar-refractivity contribution is 0.0983. The summed E-state index contributed by atoms with van der Waals surface area (Å²) in [5, 5.41) is 8.03. The van der Waals surface area contributed by atoms with Gasteiger partial charge in [-0.15, -0.1) is 10.2 Å². The van der Waals surface area contributed by atoms with Crippen LogP contribution in [-0.4, -0.2) is 69.7 Å². The summed E-state index contributed by atoms with van der Waals surface area (Å²) in [6.07, 6.45) is 2.03. The van der Waals surface area contributed by atoms with Crippen LogP contribution >= 0.6 is 0 Å². The first-order valence-electron chi connectivity index (χ1n) is 8.19. The highest BCUT2D eigenvalue weighted by atomic mass is 16.4. The smallest absolute Gasteiger partial charge is 0.320 e. The highest BCUT2D eigenvalue weighted by molar-refractivity contribution is 5.76. The molecule has 7 nitrogen and oxygen atoms in total. The molecule has 0 spiro atoms. The van der Waals surface area contributed by atoms with Gasteiger partial charge in [0.2, 0.25) is 11.8 Å². The molecule has 2 aliphatic heterocycles. The molecule has 2 aliphatic rings. The van der Waals surface area contributed by atoms with Crippen LogP contribution in [0.1, 0.15) is 44.5 Å². The molecule has 0 saturated carbocycles. The minimum atomic E-state index is 0.142. The van der Waals surface area contributed by atoms with Crippen LogP contribution in [0.2, 0.25) is 0 Å². The van der Waals surface area contributed by atoms with Crippen molar-refractivity contribution in [2.45, 2.75) is 45.7 Å². The minimum Gasteiger partial charge on any atom is -0.424 e. The number of carbonyl (C=O) groups excluding carboxylic acids is 1. The Hall–Kier alpha value is -1.63. The maximum Gasteiger partial charge on any atom is 0.320 e. The largest absolute Gasteiger partial charge is 0.424 e. The lowest BCUT2D eigenvalue weighted by Gasteiger charge is -2.38. The van der Waals surface area contributed by atoms with Gasteiger partial charge in [-0.25, -0.2) is 4.79 Å². The summed E-state index contributed by atoms with van der Waals surface area (Å²) in [5.41, 5.74) is 0. The Bertz CT molecular complexity index is 524. The summed E-state index contributed by atoms with van der Waals surface area (Å²) < 4.78 is 5.54. The highest BCUT2D eigenvalue weighted by Crippen LogP contribution is 2.26. The average Bonchev–Trinajstić information content (AvgIpc) is 3.12. The molecule has 0 N–H and O–H groups in total. The molecule has 2 fully saturated rings. The monoisotopic (exact) mass is 307 g/mol. The molecule has 0 radical (unpaired) electrons. The molecule has 1 aromatic heterocycles. The standard InChI is InChI=1S/C15H25N5O2/c1-4-18-9-10-20(15(18)21)13-5-7-19(8-6-13)11(2)14-17-16-12(3)22-14/h11,13H,4-10H2,1-3H3. The first kappa shape index (κ1) is 15.3. The number of aromatic nitrogens is 2. The van der Waals surface area contributed by atoms with Gasteiger partial charge in [-0.1, -0.05) is 0 Å². The van der Waals surface area contributed by atoms with Crippen molar-refractivity contribution in [3.05, 3.63) is 11.8 Å². The predicted octanol–water partition coefficient (Wildman–Crippen LogP) is 1.66. The van der Waals surface area contributed by atoms with E-state index in [2.05, 4.69) is 26.9 Å². The lowest BCUT2D eigenvalue weighted by atomic mass is 10.0. The van der Waals surface area contributed by atoms with E-state index in [4.69, 9.17) is 4.42 Å². The van der Waals surface area contributed by atoms with Crippen LogP contribution in [0, 0.1) is 6.92 Å². The number of nitrogens with zero attached hydrogens (tertiary/aromatic N) is 5. The number of likely N-dealkylation sites (tertiary alicyclic amines) is 1. The number of aryl methyl sites for hydroxylation is 1. The van der Waals surface area contributed by atoms with Gasteiger partial charge in [-0.3, -0.25) is 4.90 Å². The van der Waals surface area contributed by atoms with Gasteiger partial charge in [0.05, 0.1) is 6.04 Å². The van der Waals surface area contributed by atoms with E-state index in [1.165, 1.54) is 0 Å². The summed E-state index contributed by atoms with van der Waals surface area (Å²) in [6, 6.07) is 0.724.